The third-order valence-corrected chi connectivity index (χ3v) is 8.54. The van der Waals surface area contributed by atoms with Gasteiger partial charge in [-0.3, -0.25) is 4.79 Å². The van der Waals surface area contributed by atoms with Crippen LogP contribution < -0.4 is 9.47 Å². The molecule has 0 aliphatic carbocycles. The van der Waals surface area contributed by atoms with Crippen molar-refractivity contribution in [3.63, 3.8) is 0 Å². The summed E-state index contributed by atoms with van der Waals surface area (Å²) in [6.07, 6.45) is 1.97. The highest BCUT2D eigenvalue weighted by Crippen LogP contribution is 2.31. The van der Waals surface area contributed by atoms with Gasteiger partial charge in [-0.15, -0.1) is 0 Å². The summed E-state index contributed by atoms with van der Waals surface area (Å²) in [7, 11) is 0. The SMILES string of the molecule is CC[N+](CC)(CCCCN(Cc1ccc2c(c1)OCCO2)C(=O)c1ccc2ccccc2n1)Cc1cc(C)cc(C)c1. The molecule has 42 heavy (non-hydrogen) atoms. The van der Waals surface area contributed by atoms with Gasteiger partial charge in [0.25, 0.3) is 5.91 Å². The lowest BCUT2D eigenvalue weighted by atomic mass is 10.1. The van der Waals surface area contributed by atoms with Gasteiger partial charge in [-0.25, -0.2) is 4.98 Å². The Balaban J connectivity index is 1.31. The molecule has 0 saturated carbocycles. The van der Waals surface area contributed by atoms with Crippen LogP contribution in [0.25, 0.3) is 10.9 Å². The third kappa shape index (κ3) is 7.11. The van der Waals surface area contributed by atoms with Gasteiger partial charge in [0, 0.05) is 24.0 Å². The fraction of sp³-hybridized carbons (Fsp3) is 0.389. The number of hydrogen-bond acceptors (Lipinski definition) is 4. The number of ether oxygens (including phenoxy) is 2. The highest BCUT2D eigenvalue weighted by atomic mass is 16.6. The Bertz CT molecular complexity index is 1510. The molecule has 4 aromatic rings. The van der Waals surface area contributed by atoms with E-state index in [0.29, 0.717) is 32.0 Å². The quantitative estimate of drug-likeness (QED) is 0.136. The average Bonchev–Trinajstić information content (AvgIpc) is 3.00. The number of fused-ring (bicyclic) bond motifs is 2. The van der Waals surface area contributed by atoms with E-state index in [1.54, 1.807) is 0 Å². The first-order valence-corrected chi connectivity index (χ1v) is 15.3. The summed E-state index contributed by atoms with van der Waals surface area (Å²) < 4.78 is 12.6. The number of nitrogens with zero attached hydrogens (tertiary/aromatic N) is 3. The zero-order valence-corrected chi connectivity index (χ0v) is 25.6. The monoisotopic (exact) mass is 566 g/mol. The number of amides is 1. The first-order chi connectivity index (χ1) is 20.4. The third-order valence-electron chi connectivity index (χ3n) is 8.54. The number of quaternary nitrogens is 1. The second kappa shape index (κ2) is 13.4. The maximum Gasteiger partial charge on any atom is 0.272 e. The molecule has 0 fully saturated rings. The standard InChI is InChI=1S/C36H44N3O3/c1-5-39(6-2,26-30-22-27(3)21-28(4)23-30)18-10-9-17-38(25-29-13-16-34-35(24-29)42-20-19-41-34)36(40)33-15-14-31-11-7-8-12-32(31)37-33/h7-8,11-16,21-24H,5-6,9-10,17-20,25-26H2,1-4H3/q+1. The number of hydrogen-bond donors (Lipinski definition) is 0. The van der Waals surface area contributed by atoms with Crippen LogP contribution in [-0.4, -0.2) is 59.7 Å². The second-order valence-corrected chi connectivity index (χ2v) is 11.7. The van der Waals surface area contributed by atoms with Crippen LogP contribution >= 0.6 is 0 Å². The first-order valence-electron chi connectivity index (χ1n) is 15.3. The maximum absolute atomic E-state index is 13.9. The minimum Gasteiger partial charge on any atom is -0.486 e. The van der Waals surface area contributed by atoms with Crippen molar-refractivity contribution in [2.45, 2.75) is 53.6 Å². The number of aromatic nitrogens is 1. The lowest BCUT2D eigenvalue weighted by Gasteiger charge is -2.37. The number of carbonyl (C=O) groups is 1. The van der Waals surface area contributed by atoms with Crippen LogP contribution in [0.5, 0.6) is 11.5 Å². The molecule has 0 unspecified atom stereocenters. The van der Waals surface area contributed by atoms with Crippen molar-refractivity contribution in [1.29, 1.82) is 0 Å². The lowest BCUT2D eigenvalue weighted by Crippen LogP contribution is -2.47. The zero-order valence-electron chi connectivity index (χ0n) is 25.6. The van der Waals surface area contributed by atoms with Crippen molar-refractivity contribution in [2.24, 2.45) is 0 Å². The van der Waals surface area contributed by atoms with Crippen LogP contribution in [0.4, 0.5) is 0 Å². The van der Waals surface area contributed by atoms with Crippen LogP contribution in [0.3, 0.4) is 0 Å². The molecule has 1 aliphatic heterocycles. The van der Waals surface area contributed by atoms with Crippen LogP contribution in [0.2, 0.25) is 0 Å². The van der Waals surface area contributed by atoms with Gasteiger partial charge in [0.2, 0.25) is 0 Å². The fourth-order valence-electron chi connectivity index (χ4n) is 6.15. The van der Waals surface area contributed by atoms with Crippen molar-refractivity contribution < 1.29 is 18.8 Å². The van der Waals surface area contributed by atoms with Gasteiger partial charge < -0.3 is 18.9 Å². The molecular formula is C36H44N3O3+. The Hall–Kier alpha value is -3.90. The summed E-state index contributed by atoms with van der Waals surface area (Å²) in [4.78, 5) is 20.6. The normalized spacial score (nSPS) is 12.9. The highest BCUT2D eigenvalue weighted by Gasteiger charge is 2.25. The minimum atomic E-state index is -0.0439. The molecule has 1 aliphatic rings. The van der Waals surface area contributed by atoms with Crippen molar-refractivity contribution in [3.8, 4) is 11.5 Å². The van der Waals surface area contributed by atoms with Gasteiger partial charge in [-0.1, -0.05) is 59.7 Å². The van der Waals surface area contributed by atoms with E-state index in [4.69, 9.17) is 14.5 Å². The van der Waals surface area contributed by atoms with Gasteiger partial charge in [0.05, 0.1) is 25.2 Å². The molecule has 1 aromatic heterocycles. The Morgan fingerprint density at radius 3 is 2.33 bits per heavy atom. The summed E-state index contributed by atoms with van der Waals surface area (Å²) in [6.45, 7) is 15.5. The van der Waals surface area contributed by atoms with Gasteiger partial charge >= 0.3 is 0 Å². The summed E-state index contributed by atoms with van der Waals surface area (Å²) in [5.41, 5.74) is 6.40. The number of para-hydroxylation sites is 1. The van der Waals surface area contributed by atoms with E-state index in [1.807, 2.05) is 59.5 Å². The van der Waals surface area contributed by atoms with Crippen molar-refractivity contribution in [2.75, 3.05) is 39.4 Å². The predicted octanol–water partition coefficient (Wildman–Crippen LogP) is 7.10. The fourth-order valence-corrected chi connectivity index (χ4v) is 6.15. The van der Waals surface area contributed by atoms with Crippen molar-refractivity contribution in [3.05, 3.63) is 101 Å². The molecule has 2 heterocycles. The van der Waals surface area contributed by atoms with E-state index in [9.17, 15) is 4.79 Å². The van der Waals surface area contributed by atoms with Gasteiger partial charge in [-0.2, -0.15) is 0 Å². The molecule has 0 radical (unpaired) electrons. The summed E-state index contributed by atoms with van der Waals surface area (Å²) in [6, 6.07) is 24.6. The largest absolute Gasteiger partial charge is 0.486 e. The molecule has 220 valence electrons. The first kappa shape index (κ1) is 29.6. The molecule has 0 spiro atoms. The topological polar surface area (TPSA) is 51.7 Å². The van der Waals surface area contributed by atoms with Crippen LogP contribution in [0.15, 0.2) is 72.8 Å². The van der Waals surface area contributed by atoms with Gasteiger partial charge in [0.1, 0.15) is 25.5 Å². The Kier molecular flexibility index (Phi) is 9.43. The summed E-state index contributed by atoms with van der Waals surface area (Å²) in [5, 5.41) is 1.03. The molecule has 3 aromatic carbocycles. The number of rotatable bonds is 12. The van der Waals surface area contributed by atoms with E-state index in [2.05, 4.69) is 45.9 Å². The van der Waals surface area contributed by atoms with E-state index in [0.717, 1.165) is 71.5 Å². The van der Waals surface area contributed by atoms with Crippen LogP contribution in [0.1, 0.15) is 59.4 Å². The smallest absolute Gasteiger partial charge is 0.272 e. The number of aryl methyl sites for hydroxylation is 2. The number of carbonyl (C=O) groups excluding carboxylic acids is 1. The molecule has 0 N–H and O–H groups in total. The van der Waals surface area contributed by atoms with E-state index in [-0.39, 0.29) is 5.91 Å². The zero-order chi connectivity index (χ0) is 29.5. The van der Waals surface area contributed by atoms with Crippen molar-refractivity contribution in [1.82, 2.24) is 9.88 Å². The van der Waals surface area contributed by atoms with Crippen LogP contribution in [-0.2, 0) is 13.1 Å². The van der Waals surface area contributed by atoms with Gasteiger partial charge in [-0.05, 0) is 70.4 Å². The molecule has 6 nitrogen and oxygen atoms in total. The maximum atomic E-state index is 13.9. The minimum absolute atomic E-state index is 0.0439. The predicted molar refractivity (Wildman–Crippen MR) is 169 cm³/mol. The molecule has 6 heteroatoms. The van der Waals surface area contributed by atoms with Crippen molar-refractivity contribution >= 4 is 16.8 Å². The summed E-state index contributed by atoms with van der Waals surface area (Å²) in [5.74, 6) is 1.46. The second-order valence-electron chi connectivity index (χ2n) is 11.7. The molecular weight excluding hydrogens is 522 g/mol. The molecule has 0 saturated heterocycles. The van der Waals surface area contributed by atoms with E-state index in [1.165, 1.54) is 16.7 Å². The molecule has 5 rings (SSSR count). The summed E-state index contributed by atoms with van der Waals surface area (Å²) >= 11 is 0. The number of pyridine rings is 1. The molecule has 0 bridgehead atoms. The lowest BCUT2D eigenvalue weighted by molar-refractivity contribution is -0.938. The Morgan fingerprint density at radius 1 is 0.833 bits per heavy atom. The average molecular weight is 567 g/mol. The Labute approximate surface area is 250 Å². The van der Waals surface area contributed by atoms with Gasteiger partial charge in [0.15, 0.2) is 11.5 Å². The highest BCUT2D eigenvalue weighted by molar-refractivity contribution is 5.94. The number of benzene rings is 3. The number of unbranched alkanes of at least 4 members (excludes halogenated alkanes) is 1. The van der Waals surface area contributed by atoms with Crippen LogP contribution in [0, 0.1) is 13.8 Å². The Morgan fingerprint density at radius 2 is 1.57 bits per heavy atom. The van der Waals surface area contributed by atoms with E-state index < -0.39 is 0 Å². The van der Waals surface area contributed by atoms with E-state index >= 15 is 0 Å². The molecule has 0 atom stereocenters. The molecule has 1 amide bonds.